The lowest BCUT2D eigenvalue weighted by molar-refractivity contribution is 1.14. The number of nitrogens with two attached hydrogens (primary N) is 2. The SMILES string of the molecule is CCc1ccc(-c2cccc3c(N)c4ccccc4c(N)c23)cc1. The molecule has 4 aromatic rings. The number of benzene rings is 4. The molecule has 0 fully saturated rings. The number of hydrogen-bond donors (Lipinski definition) is 2. The maximum Gasteiger partial charge on any atom is 0.0481 e. The molecular weight excluding hydrogens is 292 g/mol. The molecule has 2 heteroatoms. The van der Waals surface area contributed by atoms with Crippen molar-refractivity contribution in [2.24, 2.45) is 0 Å². The molecule has 4 rings (SSSR count). The number of fused-ring (bicyclic) bond motifs is 2. The molecule has 4 aromatic carbocycles. The summed E-state index contributed by atoms with van der Waals surface area (Å²) < 4.78 is 0. The Morgan fingerprint density at radius 3 is 1.96 bits per heavy atom. The zero-order valence-electron chi connectivity index (χ0n) is 13.7. The van der Waals surface area contributed by atoms with Crippen molar-refractivity contribution in [3.63, 3.8) is 0 Å². The van der Waals surface area contributed by atoms with Crippen LogP contribution in [0.3, 0.4) is 0 Å². The fourth-order valence-electron chi connectivity index (χ4n) is 3.46. The number of aryl methyl sites for hydroxylation is 1. The van der Waals surface area contributed by atoms with E-state index >= 15 is 0 Å². The summed E-state index contributed by atoms with van der Waals surface area (Å²) in [7, 11) is 0. The summed E-state index contributed by atoms with van der Waals surface area (Å²) in [5.41, 5.74) is 18.2. The Labute approximate surface area is 141 Å². The first-order valence-corrected chi connectivity index (χ1v) is 8.28. The van der Waals surface area contributed by atoms with E-state index in [-0.39, 0.29) is 0 Å². The van der Waals surface area contributed by atoms with Gasteiger partial charge in [0.25, 0.3) is 0 Å². The van der Waals surface area contributed by atoms with E-state index in [2.05, 4.69) is 49.4 Å². The van der Waals surface area contributed by atoms with Crippen molar-refractivity contribution in [2.75, 3.05) is 11.5 Å². The van der Waals surface area contributed by atoms with E-state index < -0.39 is 0 Å². The van der Waals surface area contributed by atoms with Crippen LogP contribution in [0.15, 0.2) is 66.7 Å². The molecule has 0 bridgehead atoms. The molecule has 0 radical (unpaired) electrons. The van der Waals surface area contributed by atoms with Crippen LogP contribution >= 0.6 is 0 Å². The van der Waals surface area contributed by atoms with Gasteiger partial charge in [-0.25, -0.2) is 0 Å². The second-order valence-electron chi connectivity index (χ2n) is 6.15. The van der Waals surface area contributed by atoms with Crippen molar-refractivity contribution in [3.05, 3.63) is 72.3 Å². The maximum absolute atomic E-state index is 6.56. The normalized spacial score (nSPS) is 11.2. The first-order chi connectivity index (χ1) is 11.7. The van der Waals surface area contributed by atoms with Gasteiger partial charge < -0.3 is 11.5 Å². The highest BCUT2D eigenvalue weighted by Gasteiger charge is 2.13. The van der Waals surface area contributed by atoms with Crippen molar-refractivity contribution >= 4 is 32.9 Å². The molecule has 0 saturated carbocycles. The highest BCUT2D eigenvalue weighted by molar-refractivity contribution is 6.22. The van der Waals surface area contributed by atoms with Crippen molar-refractivity contribution in [3.8, 4) is 11.1 Å². The van der Waals surface area contributed by atoms with Crippen LogP contribution in [0.2, 0.25) is 0 Å². The number of hydrogen-bond acceptors (Lipinski definition) is 2. The monoisotopic (exact) mass is 312 g/mol. The van der Waals surface area contributed by atoms with Crippen LogP contribution in [-0.2, 0) is 6.42 Å². The Hall–Kier alpha value is -3.00. The standard InChI is InChI=1S/C22H20N2/c1-2-14-10-12-15(13-11-14)16-8-5-9-19-20(16)22(24)18-7-4-3-6-17(18)21(19)23/h3-13H,2,23-24H2,1H3. The van der Waals surface area contributed by atoms with Gasteiger partial charge in [0.1, 0.15) is 0 Å². The molecule has 0 unspecified atom stereocenters. The molecule has 0 spiro atoms. The Morgan fingerprint density at radius 1 is 0.667 bits per heavy atom. The lowest BCUT2D eigenvalue weighted by Gasteiger charge is -2.15. The van der Waals surface area contributed by atoms with E-state index in [1.165, 1.54) is 11.1 Å². The van der Waals surface area contributed by atoms with Gasteiger partial charge in [-0.2, -0.15) is 0 Å². The molecule has 0 amide bonds. The highest BCUT2D eigenvalue weighted by Crippen LogP contribution is 2.41. The minimum absolute atomic E-state index is 0.793. The summed E-state index contributed by atoms with van der Waals surface area (Å²) >= 11 is 0. The Balaban J connectivity index is 2.10. The van der Waals surface area contributed by atoms with Crippen molar-refractivity contribution in [2.45, 2.75) is 13.3 Å². The summed E-state index contributed by atoms with van der Waals surface area (Å²) in [5, 5.41) is 4.09. The molecule has 0 atom stereocenters. The highest BCUT2D eigenvalue weighted by atomic mass is 14.6. The topological polar surface area (TPSA) is 52.0 Å². The number of rotatable bonds is 2. The summed E-state index contributed by atoms with van der Waals surface area (Å²) in [6, 6.07) is 23.0. The molecule has 4 N–H and O–H groups in total. The van der Waals surface area contributed by atoms with E-state index in [0.717, 1.165) is 44.9 Å². The molecule has 0 saturated heterocycles. The Kier molecular flexibility index (Phi) is 3.39. The molecule has 118 valence electrons. The number of anilines is 2. The molecule has 0 aliphatic heterocycles. The van der Waals surface area contributed by atoms with Crippen molar-refractivity contribution in [1.82, 2.24) is 0 Å². The van der Waals surface area contributed by atoms with Gasteiger partial charge in [-0.05, 0) is 23.1 Å². The van der Waals surface area contributed by atoms with E-state index in [4.69, 9.17) is 11.5 Å². The molecule has 0 heterocycles. The minimum atomic E-state index is 0.793. The predicted octanol–water partition coefficient (Wildman–Crippen LogP) is 5.39. The van der Waals surface area contributed by atoms with Crippen LogP contribution in [0.1, 0.15) is 12.5 Å². The fraction of sp³-hybridized carbons (Fsp3) is 0.0909. The van der Waals surface area contributed by atoms with Gasteiger partial charge in [-0.15, -0.1) is 0 Å². The van der Waals surface area contributed by atoms with E-state index in [9.17, 15) is 0 Å². The zero-order chi connectivity index (χ0) is 16.7. The van der Waals surface area contributed by atoms with Gasteiger partial charge in [0.15, 0.2) is 0 Å². The van der Waals surface area contributed by atoms with Crippen LogP contribution in [-0.4, -0.2) is 0 Å². The van der Waals surface area contributed by atoms with Gasteiger partial charge in [0.2, 0.25) is 0 Å². The minimum Gasteiger partial charge on any atom is -0.398 e. The first kappa shape index (κ1) is 14.6. The van der Waals surface area contributed by atoms with E-state index in [1.807, 2.05) is 24.3 Å². The predicted molar refractivity (Wildman–Crippen MR) is 105 cm³/mol. The second kappa shape index (κ2) is 5.57. The number of nitrogen functional groups attached to an aromatic ring is 2. The van der Waals surface area contributed by atoms with Gasteiger partial charge in [-0.3, -0.25) is 0 Å². The quantitative estimate of drug-likeness (QED) is 0.296. The second-order valence-corrected chi connectivity index (χ2v) is 6.15. The molecule has 0 aliphatic rings. The van der Waals surface area contributed by atoms with E-state index in [0.29, 0.717) is 0 Å². The van der Waals surface area contributed by atoms with Crippen LogP contribution in [0.5, 0.6) is 0 Å². The Bertz CT molecular complexity index is 1050. The summed E-state index contributed by atoms with van der Waals surface area (Å²) in [4.78, 5) is 0. The van der Waals surface area contributed by atoms with Crippen molar-refractivity contribution in [1.29, 1.82) is 0 Å². The molecule has 24 heavy (non-hydrogen) atoms. The van der Waals surface area contributed by atoms with Crippen molar-refractivity contribution < 1.29 is 0 Å². The zero-order valence-corrected chi connectivity index (χ0v) is 13.7. The third-order valence-corrected chi connectivity index (χ3v) is 4.80. The maximum atomic E-state index is 6.56. The third-order valence-electron chi connectivity index (χ3n) is 4.80. The van der Waals surface area contributed by atoms with Crippen LogP contribution in [0.25, 0.3) is 32.7 Å². The van der Waals surface area contributed by atoms with Crippen LogP contribution in [0, 0.1) is 0 Å². The summed E-state index contributed by atoms with van der Waals surface area (Å²) in [5.74, 6) is 0. The molecule has 0 aliphatic carbocycles. The lowest BCUT2D eigenvalue weighted by Crippen LogP contribution is -1.97. The largest absolute Gasteiger partial charge is 0.398 e. The van der Waals surface area contributed by atoms with Gasteiger partial charge in [0, 0.05) is 32.9 Å². The fourth-order valence-corrected chi connectivity index (χ4v) is 3.46. The van der Waals surface area contributed by atoms with Gasteiger partial charge in [0.05, 0.1) is 0 Å². The molecular formula is C22H20N2. The Morgan fingerprint density at radius 2 is 1.29 bits per heavy atom. The van der Waals surface area contributed by atoms with Gasteiger partial charge >= 0.3 is 0 Å². The summed E-state index contributed by atoms with van der Waals surface area (Å²) in [6.07, 6.45) is 1.04. The molecule has 2 nitrogen and oxygen atoms in total. The van der Waals surface area contributed by atoms with Crippen LogP contribution < -0.4 is 11.5 Å². The summed E-state index contributed by atoms with van der Waals surface area (Å²) in [6.45, 7) is 2.16. The third kappa shape index (κ3) is 2.11. The molecule has 0 aromatic heterocycles. The lowest BCUT2D eigenvalue weighted by atomic mass is 9.92. The average Bonchev–Trinajstić information content (AvgIpc) is 2.65. The smallest absolute Gasteiger partial charge is 0.0481 e. The van der Waals surface area contributed by atoms with E-state index in [1.54, 1.807) is 0 Å². The van der Waals surface area contributed by atoms with Gasteiger partial charge in [-0.1, -0.05) is 73.7 Å². The first-order valence-electron chi connectivity index (χ1n) is 8.28. The average molecular weight is 312 g/mol. The van der Waals surface area contributed by atoms with Crippen LogP contribution in [0.4, 0.5) is 11.4 Å².